The molecule has 1 heterocycles. The van der Waals surface area contributed by atoms with E-state index in [4.69, 9.17) is 16.6 Å². The van der Waals surface area contributed by atoms with Gasteiger partial charge in [-0.25, -0.2) is 0 Å². The molecule has 302 valence electrons. The number of aromatic hydroxyl groups is 1. The molecule has 1 aliphatic heterocycles. The number of nitrogens with zero attached hydrogens (tertiary/aromatic N) is 2. The fourth-order valence-electron chi connectivity index (χ4n) is 5.79. The summed E-state index contributed by atoms with van der Waals surface area (Å²) in [6, 6.07) is 18.4. The predicted molar refractivity (Wildman–Crippen MR) is 214 cm³/mol. The molecule has 56 heavy (non-hydrogen) atoms. The average Bonchev–Trinajstić information content (AvgIpc) is 3.16. The Morgan fingerprint density at radius 1 is 0.821 bits per heavy atom. The van der Waals surface area contributed by atoms with Gasteiger partial charge >= 0.3 is 0 Å². The zero-order chi connectivity index (χ0) is 40.9. The van der Waals surface area contributed by atoms with E-state index in [0.29, 0.717) is 25.1 Å². The van der Waals surface area contributed by atoms with Crippen LogP contribution >= 0.6 is 0 Å². The van der Waals surface area contributed by atoms with Crippen LogP contribution in [-0.4, -0.2) is 103 Å². The Hall–Kier alpha value is -6.19. The van der Waals surface area contributed by atoms with E-state index in [1.54, 1.807) is 12.1 Å². The maximum absolute atomic E-state index is 13.7. The Morgan fingerprint density at radius 2 is 1.54 bits per heavy atom. The number of benzene rings is 3. The Balaban J connectivity index is 0.000000930. The maximum Gasteiger partial charge on any atom is 0.243 e. The lowest BCUT2D eigenvalue weighted by molar-refractivity contribution is -0.137. The summed E-state index contributed by atoms with van der Waals surface area (Å²) in [5.74, 6) is -2.74. The zero-order valence-corrected chi connectivity index (χ0v) is 32.1. The first-order valence-electron chi connectivity index (χ1n) is 18.8. The molecule has 10 N–H and O–H groups in total. The maximum atomic E-state index is 13.7. The van der Waals surface area contributed by atoms with Crippen molar-refractivity contribution in [2.45, 2.75) is 70.9 Å². The highest BCUT2D eigenvalue weighted by Crippen LogP contribution is 2.17. The first-order chi connectivity index (χ1) is 26.8. The molecule has 0 spiro atoms. The van der Waals surface area contributed by atoms with Crippen molar-refractivity contribution in [3.05, 3.63) is 77.9 Å². The molecular formula is C40H55N9O7. The van der Waals surface area contributed by atoms with Gasteiger partial charge in [0, 0.05) is 33.0 Å². The summed E-state index contributed by atoms with van der Waals surface area (Å²) in [6.45, 7) is 3.33. The van der Waals surface area contributed by atoms with Crippen molar-refractivity contribution in [2.75, 3.05) is 39.3 Å². The number of nitrogens with two attached hydrogens (primary N) is 2. The minimum absolute atomic E-state index is 0.0987. The molecule has 0 bridgehead atoms. The second-order valence-corrected chi connectivity index (χ2v) is 13.6. The number of phenolic OH excluding ortho intramolecular Hbond substituents is 1. The van der Waals surface area contributed by atoms with Gasteiger partial charge in [-0.1, -0.05) is 73.0 Å². The lowest BCUT2D eigenvalue weighted by Gasteiger charge is -2.25. The van der Waals surface area contributed by atoms with Gasteiger partial charge in [-0.05, 0) is 61.1 Å². The van der Waals surface area contributed by atoms with E-state index in [1.165, 1.54) is 17.4 Å². The summed E-state index contributed by atoms with van der Waals surface area (Å²) in [7, 11) is 0. The SMILES string of the molecule is CC(=O)NCCCCCCN1CC(=O)NC(CCCN=C(N)N)C(=O)NC(Cc2ccc3ccccc3c2)C(=O)NCC(=O)NCC1=O.Cc1ccc(O)cc1. The average molecular weight is 774 g/mol. The summed E-state index contributed by atoms with van der Waals surface area (Å²) in [6.07, 6.45) is 3.53. The smallest absolute Gasteiger partial charge is 0.243 e. The minimum Gasteiger partial charge on any atom is -0.508 e. The van der Waals surface area contributed by atoms with E-state index in [1.807, 2.05) is 61.5 Å². The molecule has 1 fully saturated rings. The topological polar surface area (TPSA) is 250 Å². The zero-order valence-electron chi connectivity index (χ0n) is 32.1. The summed E-state index contributed by atoms with van der Waals surface area (Å²) in [4.78, 5) is 82.3. The van der Waals surface area contributed by atoms with Gasteiger partial charge in [0.1, 0.15) is 17.8 Å². The molecule has 3 aromatic rings. The van der Waals surface area contributed by atoms with Gasteiger partial charge in [-0.2, -0.15) is 0 Å². The van der Waals surface area contributed by atoms with Crippen LogP contribution in [0.5, 0.6) is 5.75 Å². The van der Waals surface area contributed by atoms with Crippen LogP contribution in [0.2, 0.25) is 0 Å². The number of rotatable bonds is 13. The minimum atomic E-state index is -1.07. The number of hydrogen-bond acceptors (Lipinski definition) is 8. The number of guanidine groups is 1. The van der Waals surface area contributed by atoms with E-state index in [0.717, 1.165) is 35.6 Å². The fraction of sp³-hybridized carbons (Fsp3) is 0.425. The van der Waals surface area contributed by atoms with Crippen LogP contribution in [0.1, 0.15) is 56.6 Å². The van der Waals surface area contributed by atoms with Gasteiger partial charge in [-0.3, -0.25) is 33.8 Å². The number of carbonyl (C=O) groups excluding carboxylic acids is 6. The number of amides is 6. The number of aryl methyl sites for hydroxylation is 1. The van der Waals surface area contributed by atoms with Gasteiger partial charge in [0.25, 0.3) is 0 Å². The predicted octanol–water partition coefficient (Wildman–Crippen LogP) is 0.877. The van der Waals surface area contributed by atoms with Crippen LogP contribution in [-0.2, 0) is 35.2 Å². The Labute approximate surface area is 327 Å². The van der Waals surface area contributed by atoms with Gasteiger partial charge in [0.2, 0.25) is 35.4 Å². The highest BCUT2D eigenvalue weighted by molar-refractivity contribution is 5.95. The summed E-state index contributed by atoms with van der Waals surface area (Å²) in [5, 5.41) is 24.0. The number of unbranched alkanes of at least 4 members (excludes halogenated alkanes) is 3. The van der Waals surface area contributed by atoms with Gasteiger partial charge in [0.05, 0.1) is 19.6 Å². The van der Waals surface area contributed by atoms with Crippen LogP contribution in [0.15, 0.2) is 71.7 Å². The highest BCUT2D eigenvalue weighted by Gasteiger charge is 2.29. The molecule has 6 amide bonds. The second kappa shape index (κ2) is 23.6. The number of nitrogens with one attached hydrogen (secondary N) is 5. The highest BCUT2D eigenvalue weighted by atomic mass is 16.3. The first-order valence-corrected chi connectivity index (χ1v) is 18.8. The Bertz CT molecular complexity index is 1790. The molecule has 1 saturated heterocycles. The molecule has 0 saturated carbocycles. The third-order valence-electron chi connectivity index (χ3n) is 8.79. The standard InChI is InChI=1S/C33H47N9O6.C7H8O/c1-22(43)36-14-6-2-3-7-16-42-21-29(45)40-26(11-8-15-37-33(34)35)32(48)41-27(31(47)39-19-28(44)38-20-30(42)46)18-23-12-13-24-9-4-5-10-25(24)17-23;1-6-2-4-7(8)5-3-6/h4-5,9-10,12-13,17,26-27H,2-3,6-8,11,14-16,18-21H2,1H3,(H,36,43)(H,38,44)(H,39,47)(H,40,45)(H,41,48)(H4,34,35,37);2-5,8H,1H3. The summed E-state index contributed by atoms with van der Waals surface area (Å²) >= 11 is 0. The van der Waals surface area contributed by atoms with Crippen molar-refractivity contribution in [3.63, 3.8) is 0 Å². The number of carbonyl (C=O) groups is 6. The number of aliphatic imine (C=N–C) groups is 1. The van der Waals surface area contributed by atoms with Gasteiger partial charge in [-0.15, -0.1) is 0 Å². The monoisotopic (exact) mass is 773 g/mol. The quantitative estimate of drug-likeness (QED) is 0.0697. The number of fused-ring (bicyclic) bond motifs is 1. The van der Waals surface area contributed by atoms with Crippen LogP contribution < -0.4 is 38.1 Å². The van der Waals surface area contributed by atoms with Crippen molar-refractivity contribution in [1.82, 2.24) is 31.5 Å². The van der Waals surface area contributed by atoms with Crippen LogP contribution in [0.25, 0.3) is 10.8 Å². The van der Waals surface area contributed by atoms with E-state index >= 15 is 0 Å². The van der Waals surface area contributed by atoms with Crippen molar-refractivity contribution >= 4 is 52.2 Å². The molecule has 0 radical (unpaired) electrons. The van der Waals surface area contributed by atoms with E-state index in [2.05, 4.69) is 31.6 Å². The molecule has 0 aliphatic carbocycles. The first kappa shape index (κ1) is 44.2. The van der Waals surface area contributed by atoms with Crippen molar-refractivity contribution < 1.29 is 33.9 Å². The normalized spacial score (nSPS) is 16.8. The number of phenols is 1. The molecule has 16 nitrogen and oxygen atoms in total. The third kappa shape index (κ3) is 16.9. The van der Waals surface area contributed by atoms with E-state index in [9.17, 15) is 28.8 Å². The van der Waals surface area contributed by atoms with Crippen molar-refractivity contribution in [2.24, 2.45) is 16.5 Å². The Kier molecular flexibility index (Phi) is 18.6. The molecule has 4 rings (SSSR count). The third-order valence-corrected chi connectivity index (χ3v) is 8.79. The van der Waals surface area contributed by atoms with E-state index in [-0.39, 0.29) is 50.9 Å². The summed E-state index contributed by atoms with van der Waals surface area (Å²) in [5.41, 5.74) is 12.8. The fourth-order valence-corrected chi connectivity index (χ4v) is 5.79. The van der Waals surface area contributed by atoms with Crippen LogP contribution in [0.4, 0.5) is 0 Å². The lowest BCUT2D eigenvalue weighted by Crippen LogP contribution is -2.55. The molecule has 2 atom stereocenters. The summed E-state index contributed by atoms with van der Waals surface area (Å²) < 4.78 is 0. The number of hydrogen-bond donors (Lipinski definition) is 8. The molecule has 3 aromatic carbocycles. The molecule has 1 aliphatic rings. The lowest BCUT2D eigenvalue weighted by atomic mass is 10.0. The van der Waals surface area contributed by atoms with Crippen LogP contribution in [0, 0.1) is 6.92 Å². The molecule has 16 heteroatoms. The van der Waals surface area contributed by atoms with E-state index < -0.39 is 48.2 Å². The second-order valence-electron chi connectivity index (χ2n) is 13.6. The molecule has 2 unspecified atom stereocenters. The molecular weight excluding hydrogens is 718 g/mol. The molecule has 0 aromatic heterocycles. The Morgan fingerprint density at radius 3 is 2.23 bits per heavy atom. The van der Waals surface area contributed by atoms with Gasteiger partial charge < -0.3 is 48.1 Å². The largest absolute Gasteiger partial charge is 0.508 e. The van der Waals surface area contributed by atoms with Gasteiger partial charge in [0.15, 0.2) is 5.96 Å². The van der Waals surface area contributed by atoms with Crippen molar-refractivity contribution in [1.29, 1.82) is 0 Å². The van der Waals surface area contributed by atoms with Crippen molar-refractivity contribution in [3.8, 4) is 5.75 Å². The van der Waals surface area contributed by atoms with Crippen LogP contribution in [0.3, 0.4) is 0 Å².